The first kappa shape index (κ1) is 12.0. The molecule has 1 N–H and O–H groups in total. The molecule has 0 spiro atoms. The molecule has 0 aromatic rings. The van der Waals surface area contributed by atoms with E-state index in [4.69, 9.17) is 5.11 Å². The van der Waals surface area contributed by atoms with Crippen molar-refractivity contribution in [1.29, 1.82) is 0 Å². The summed E-state index contributed by atoms with van der Waals surface area (Å²) < 4.78 is 0. The second-order valence-corrected chi connectivity index (χ2v) is 4.51. The molecule has 0 bridgehead atoms. The molecule has 1 fully saturated rings. The number of carboxylic acid groups (broad SMARTS) is 1. The Bertz CT molecular complexity index is 248. The largest absolute Gasteiger partial charge is 0.481 e. The number of hydrogen-bond acceptors (Lipinski definition) is 2. The van der Waals surface area contributed by atoms with Crippen LogP contribution in [0.5, 0.6) is 0 Å². The minimum Gasteiger partial charge on any atom is -0.481 e. The predicted octanol–water partition coefficient (Wildman–Crippen LogP) is 1.36. The first-order valence-corrected chi connectivity index (χ1v) is 5.47. The quantitative estimate of drug-likeness (QED) is 0.750. The van der Waals surface area contributed by atoms with E-state index in [0.29, 0.717) is 5.92 Å². The van der Waals surface area contributed by atoms with Crippen molar-refractivity contribution in [1.82, 2.24) is 4.90 Å². The predicted molar refractivity (Wildman–Crippen MR) is 56.4 cm³/mol. The van der Waals surface area contributed by atoms with Gasteiger partial charge in [-0.3, -0.25) is 9.59 Å². The van der Waals surface area contributed by atoms with E-state index in [9.17, 15) is 9.59 Å². The SMILES string of the molecule is CC(CC(=O)N(C)CC1CCC1)C(=O)O. The fourth-order valence-electron chi connectivity index (χ4n) is 1.67. The van der Waals surface area contributed by atoms with Crippen molar-refractivity contribution in [2.45, 2.75) is 32.6 Å². The maximum Gasteiger partial charge on any atom is 0.306 e. The molecule has 0 aromatic heterocycles. The minimum atomic E-state index is -0.902. The summed E-state index contributed by atoms with van der Waals surface area (Å²) in [6.07, 6.45) is 3.77. The normalized spacial score (nSPS) is 18.0. The molecule has 1 saturated carbocycles. The van der Waals surface area contributed by atoms with Gasteiger partial charge in [0.05, 0.1) is 5.92 Å². The van der Waals surface area contributed by atoms with Crippen molar-refractivity contribution < 1.29 is 14.7 Å². The summed E-state index contributed by atoms with van der Waals surface area (Å²) in [6.45, 7) is 2.35. The van der Waals surface area contributed by atoms with Crippen molar-refractivity contribution in [2.24, 2.45) is 11.8 Å². The molecule has 86 valence electrons. The van der Waals surface area contributed by atoms with Crippen LogP contribution in [0, 0.1) is 11.8 Å². The van der Waals surface area contributed by atoms with Gasteiger partial charge in [-0.15, -0.1) is 0 Å². The fraction of sp³-hybridized carbons (Fsp3) is 0.818. The van der Waals surface area contributed by atoms with Crippen molar-refractivity contribution in [3.63, 3.8) is 0 Å². The first-order chi connectivity index (χ1) is 7.00. The summed E-state index contributed by atoms with van der Waals surface area (Å²) in [5.74, 6) is -0.905. The molecule has 0 aromatic carbocycles. The van der Waals surface area contributed by atoms with Crippen molar-refractivity contribution in [3.05, 3.63) is 0 Å². The van der Waals surface area contributed by atoms with E-state index in [1.54, 1.807) is 18.9 Å². The lowest BCUT2D eigenvalue weighted by Crippen LogP contribution is -2.35. The highest BCUT2D eigenvalue weighted by atomic mass is 16.4. The van der Waals surface area contributed by atoms with Crippen molar-refractivity contribution in [2.75, 3.05) is 13.6 Å². The lowest BCUT2D eigenvalue weighted by atomic mass is 9.85. The van der Waals surface area contributed by atoms with E-state index in [-0.39, 0.29) is 12.3 Å². The van der Waals surface area contributed by atoms with Crippen LogP contribution in [-0.4, -0.2) is 35.5 Å². The van der Waals surface area contributed by atoms with E-state index < -0.39 is 11.9 Å². The third kappa shape index (κ3) is 3.53. The van der Waals surface area contributed by atoms with Gasteiger partial charge in [0.1, 0.15) is 0 Å². The topological polar surface area (TPSA) is 57.6 Å². The third-order valence-corrected chi connectivity index (χ3v) is 3.08. The van der Waals surface area contributed by atoms with E-state index in [0.717, 1.165) is 6.54 Å². The fourth-order valence-corrected chi connectivity index (χ4v) is 1.67. The average molecular weight is 213 g/mol. The van der Waals surface area contributed by atoms with Gasteiger partial charge in [-0.2, -0.15) is 0 Å². The molecule has 0 saturated heterocycles. The molecule has 1 amide bonds. The van der Waals surface area contributed by atoms with Crippen LogP contribution < -0.4 is 0 Å². The molecule has 1 rings (SSSR count). The van der Waals surface area contributed by atoms with Crippen molar-refractivity contribution >= 4 is 11.9 Å². The van der Waals surface area contributed by atoms with Gasteiger partial charge in [-0.25, -0.2) is 0 Å². The van der Waals surface area contributed by atoms with Crippen LogP contribution in [0.2, 0.25) is 0 Å². The molecule has 0 heterocycles. The first-order valence-electron chi connectivity index (χ1n) is 5.47. The number of nitrogens with zero attached hydrogens (tertiary/aromatic N) is 1. The molecule has 4 nitrogen and oxygen atoms in total. The zero-order chi connectivity index (χ0) is 11.4. The standard InChI is InChI=1S/C11H19NO3/c1-8(11(14)15)6-10(13)12(2)7-9-4-3-5-9/h8-9H,3-7H2,1-2H3,(H,14,15). The maximum atomic E-state index is 11.6. The molecule has 4 heteroatoms. The van der Waals surface area contributed by atoms with Crippen molar-refractivity contribution in [3.8, 4) is 0 Å². The van der Waals surface area contributed by atoms with Crippen LogP contribution in [0.3, 0.4) is 0 Å². The Balaban J connectivity index is 2.28. The summed E-state index contributed by atoms with van der Waals surface area (Å²) in [5.41, 5.74) is 0. The van der Waals surface area contributed by atoms with E-state index in [1.165, 1.54) is 19.3 Å². The number of amides is 1. The summed E-state index contributed by atoms with van der Waals surface area (Å²) in [6, 6.07) is 0. The lowest BCUT2D eigenvalue weighted by Gasteiger charge is -2.30. The second kappa shape index (κ2) is 5.14. The second-order valence-electron chi connectivity index (χ2n) is 4.51. The maximum absolute atomic E-state index is 11.6. The zero-order valence-electron chi connectivity index (χ0n) is 9.40. The Hall–Kier alpha value is -1.06. The van der Waals surface area contributed by atoms with Crippen LogP contribution in [0.25, 0.3) is 0 Å². The smallest absolute Gasteiger partial charge is 0.306 e. The Labute approximate surface area is 90.3 Å². The number of carbonyl (C=O) groups excluding carboxylic acids is 1. The van der Waals surface area contributed by atoms with Gasteiger partial charge >= 0.3 is 5.97 Å². The number of carboxylic acids is 1. The summed E-state index contributed by atoms with van der Waals surface area (Å²) in [7, 11) is 1.76. The van der Waals surface area contributed by atoms with E-state index in [1.807, 2.05) is 0 Å². The molecule has 0 radical (unpaired) electrons. The number of aliphatic carboxylic acids is 1. The zero-order valence-corrected chi connectivity index (χ0v) is 9.40. The Morgan fingerprint density at radius 1 is 1.47 bits per heavy atom. The number of hydrogen-bond donors (Lipinski definition) is 1. The van der Waals surface area contributed by atoms with E-state index in [2.05, 4.69) is 0 Å². The van der Waals surface area contributed by atoms with Gasteiger partial charge in [-0.1, -0.05) is 13.3 Å². The van der Waals surface area contributed by atoms with Gasteiger partial charge in [0, 0.05) is 20.0 Å². The lowest BCUT2D eigenvalue weighted by molar-refractivity contribution is -0.145. The molecule has 1 atom stereocenters. The van der Waals surface area contributed by atoms with Crippen LogP contribution in [0.15, 0.2) is 0 Å². The minimum absolute atomic E-state index is 0.0585. The molecular weight excluding hydrogens is 194 g/mol. The highest BCUT2D eigenvalue weighted by Gasteiger charge is 2.23. The monoisotopic (exact) mass is 213 g/mol. The molecule has 15 heavy (non-hydrogen) atoms. The van der Waals surface area contributed by atoms with Crippen LogP contribution >= 0.6 is 0 Å². The molecule has 0 aliphatic heterocycles. The highest BCUT2D eigenvalue weighted by Crippen LogP contribution is 2.26. The van der Waals surface area contributed by atoms with Gasteiger partial charge in [0.25, 0.3) is 0 Å². The number of carbonyl (C=O) groups is 2. The van der Waals surface area contributed by atoms with Gasteiger partial charge in [0.15, 0.2) is 0 Å². The van der Waals surface area contributed by atoms with Gasteiger partial charge in [0.2, 0.25) is 5.91 Å². The van der Waals surface area contributed by atoms with Crippen LogP contribution in [-0.2, 0) is 9.59 Å². The Kier molecular flexibility index (Phi) is 4.12. The summed E-state index contributed by atoms with van der Waals surface area (Å²) in [5, 5.41) is 8.68. The number of rotatable bonds is 5. The molecular formula is C11H19NO3. The van der Waals surface area contributed by atoms with E-state index >= 15 is 0 Å². The van der Waals surface area contributed by atoms with Gasteiger partial charge < -0.3 is 10.0 Å². The molecule has 1 aliphatic rings. The van der Waals surface area contributed by atoms with Crippen LogP contribution in [0.1, 0.15) is 32.6 Å². The molecule has 1 aliphatic carbocycles. The summed E-state index contributed by atoms with van der Waals surface area (Å²) in [4.78, 5) is 23.8. The summed E-state index contributed by atoms with van der Waals surface area (Å²) >= 11 is 0. The highest BCUT2D eigenvalue weighted by molar-refractivity contribution is 5.81. The van der Waals surface area contributed by atoms with Gasteiger partial charge in [-0.05, 0) is 18.8 Å². The third-order valence-electron chi connectivity index (χ3n) is 3.08. The average Bonchev–Trinajstić information content (AvgIpc) is 2.10. The molecule has 1 unspecified atom stereocenters. The Morgan fingerprint density at radius 2 is 2.07 bits per heavy atom. The van der Waals surface area contributed by atoms with Crippen LogP contribution in [0.4, 0.5) is 0 Å². The Morgan fingerprint density at radius 3 is 2.47 bits per heavy atom.